The van der Waals surface area contributed by atoms with Crippen LogP contribution >= 0.6 is 11.6 Å². The van der Waals surface area contributed by atoms with Gasteiger partial charge in [0.2, 0.25) is 5.88 Å². The number of hydrogen-bond acceptors (Lipinski definition) is 3. The third kappa shape index (κ3) is 2.75. The van der Waals surface area contributed by atoms with E-state index in [9.17, 15) is 8.78 Å². The van der Waals surface area contributed by atoms with Crippen LogP contribution in [0.25, 0.3) is 0 Å². The van der Waals surface area contributed by atoms with E-state index in [1.165, 1.54) is 12.1 Å². The molecule has 0 atom stereocenters. The van der Waals surface area contributed by atoms with Crippen LogP contribution in [0.2, 0.25) is 5.02 Å². The smallest absolute Gasteiger partial charge is 0.219 e. The molecule has 2 aromatic rings. The van der Waals surface area contributed by atoms with Crippen molar-refractivity contribution in [2.45, 2.75) is 6.61 Å². The van der Waals surface area contributed by atoms with E-state index in [0.717, 1.165) is 12.1 Å². The number of rotatable bonds is 3. The molecule has 0 saturated carbocycles. The number of pyridine rings is 1. The number of nitrogens with zero attached hydrogens (tertiary/aromatic N) is 1. The quantitative estimate of drug-likeness (QED) is 0.931. The number of aliphatic hydroxyl groups is 1. The first-order valence-electron chi connectivity index (χ1n) is 4.99. The summed E-state index contributed by atoms with van der Waals surface area (Å²) in [5.74, 6) is -1.62. The maximum atomic E-state index is 13.3. The van der Waals surface area contributed by atoms with Crippen LogP contribution in [0.3, 0.4) is 0 Å². The van der Waals surface area contributed by atoms with Crippen molar-refractivity contribution >= 4 is 11.6 Å². The molecule has 2 rings (SSSR count). The Bertz CT molecular complexity index is 578. The Morgan fingerprint density at radius 3 is 2.67 bits per heavy atom. The predicted molar refractivity (Wildman–Crippen MR) is 61.6 cm³/mol. The Labute approximate surface area is 107 Å². The van der Waals surface area contributed by atoms with Crippen molar-refractivity contribution in [3.63, 3.8) is 0 Å². The third-order valence-electron chi connectivity index (χ3n) is 2.15. The molecule has 0 spiro atoms. The Morgan fingerprint density at radius 2 is 2.00 bits per heavy atom. The Hall–Kier alpha value is -1.72. The predicted octanol–water partition coefficient (Wildman–Crippen LogP) is 3.30. The average Bonchev–Trinajstić information content (AvgIpc) is 2.35. The van der Waals surface area contributed by atoms with Gasteiger partial charge in [-0.3, -0.25) is 0 Å². The molecule has 0 unspecified atom stereocenters. The molecule has 6 heteroatoms. The molecule has 0 radical (unpaired) electrons. The average molecular weight is 272 g/mol. The van der Waals surface area contributed by atoms with Crippen molar-refractivity contribution in [3.8, 4) is 11.6 Å². The standard InChI is InChI=1S/C12H8ClF2NO2/c13-8-2-4-12(16-10(8)6-17)18-11-3-1-7(14)5-9(11)15/h1-5,17H,6H2. The molecule has 0 amide bonds. The summed E-state index contributed by atoms with van der Waals surface area (Å²) in [4.78, 5) is 3.89. The van der Waals surface area contributed by atoms with Gasteiger partial charge in [0, 0.05) is 12.1 Å². The van der Waals surface area contributed by atoms with Gasteiger partial charge < -0.3 is 9.84 Å². The number of aliphatic hydroxyl groups excluding tert-OH is 1. The molecule has 0 fully saturated rings. The highest BCUT2D eigenvalue weighted by Gasteiger charge is 2.09. The summed E-state index contributed by atoms with van der Waals surface area (Å²) in [6, 6.07) is 5.82. The summed E-state index contributed by atoms with van der Waals surface area (Å²) in [7, 11) is 0. The lowest BCUT2D eigenvalue weighted by Crippen LogP contribution is -1.96. The zero-order valence-electron chi connectivity index (χ0n) is 9.03. The lowest BCUT2D eigenvalue weighted by atomic mass is 10.3. The van der Waals surface area contributed by atoms with E-state index in [1.807, 2.05) is 0 Å². The van der Waals surface area contributed by atoms with Gasteiger partial charge in [0.05, 0.1) is 17.3 Å². The minimum atomic E-state index is -0.836. The SMILES string of the molecule is OCc1nc(Oc2ccc(F)cc2F)ccc1Cl. The highest BCUT2D eigenvalue weighted by Crippen LogP contribution is 2.25. The van der Waals surface area contributed by atoms with E-state index in [0.29, 0.717) is 6.07 Å². The summed E-state index contributed by atoms with van der Waals surface area (Å²) in [6.07, 6.45) is 0. The molecule has 1 aromatic heterocycles. The molecule has 94 valence electrons. The fourth-order valence-electron chi connectivity index (χ4n) is 1.30. The van der Waals surface area contributed by atoms with E-state index in [1.54, 1.807) is 0 Å². The van der Waals surface area contributed by atoms with Crippen LogP contribution < -0.4 is 4.74 Å². The molecule has 1 aromatic carbocycles. The summed E-state index contributed by atoms with van der Waals surface area (Å²) in [5.41, 5.74) is 0.219. The summed E-state index contributed by atoms with van der Waals surface area (Å²) >= 11 is 5.75. The van der Waals surface area contributed by atoms with Crippen LogP contribution in [0.4, 0.5) is 8.78 Å². The molecule has 18 heavy (non-hydrogen) atoms. The van der Waals surface area contributed by atoms with Gasteiger partial charge in [-0.25, -0.2) is 13.8 Å². The van der Waals surface area contributed by atoms with Gasteiger partial charge >= 0.3 is 0 Å². The van der Waals surface area contributed by atoms with Crippen LogP contribution in [0.15, 0.2) is 30.3 Å². The molecule has 0 aliphatic rings. The number of ether oxygens (including phenoxy) is 1. The zero-order valence-corrected chi connectivity index (χ0v) is 9.79. The summed E-state index contributed by atoms with van der Waals surface area (Å²) in [5, 5.41) is 9.26. The zero-order chi connectivity index (χ0) is 13.1. The second-order valence-corrected chi connectivity index (χ2v) is 3.82. The molecular formula is C12H8ClF2NO2. The van der Waals surface area contributed by atoms with E-state index >= 15 is 0 Å². The molecule has 1 N–H and O–H groups in total. The second kappa shape index (κ2) is 5.29. The number of hydrogen-bond donors (Lipinski definition) is 1. The number of halogens is 3. The highest BCUT2D eigenvalue weighted by atomic mass is 35.5. The topological polar surface area (TPSA) is 42.4 Å². The normalized spacial score (nSPS) is 10.4. The van der Waals surface area contributed by atoms with Gasteiger partial charge in [-0.1, -0.05) is 11.6 Å². The maximum absolute atomic E-state index is 13.3. The van der Waals surface area contributed by atoms with Crippen molar-refractivity contribution in [2.24, 2.45) is 0 Å². The second-order valence-electron chi connectivity index (χ2n) is 3.41. The lowest BCUT2D eigenvalue weighted by Gasteiger charge is -2.07. The fourth-order valence-corrected chi connectivity index (χ4v) is 1.47. The first kappa shape index (κ1) is 12.7. The Kier molecular flexibility index (Phi) is 3.74. The van der Waals surface area contributed by atoms with Crippen LogP contribution in [-0.4, -0.2) is 10.1 Å². The summed E-state index contributed by atoms with van der Waals surface area (Å²) in [6.45, 7) is -0.359. The third-order valence-corrected chi connectivity index (χ3v) is 2.50. The first-order chi connectivity index (χ1) is 8.60. The van der Waals surface area contributed by atoms with Gasteiger partial charge in [0.15, 0.2) is 11.6 Å². The molecule has 0 bridgehead atoms. The van der Waals surface area contributed by atoms with Gasteiger partial charge in [0.1, 0.15) is 5.82 Å². The monoisotopic (exact) mass is 271 g/mol. The van der Waals surface area contributed by atoms with Crippen LogP contribution in [-0.2, 0) is 6.61 Å². The van der Waals surface area contributed by atoms with Gasteiger partial charge in [-0.15, -0.1) is 0 Å². The Morgan fingerprint density at radius 1 is 1.22 bits per heavy atom. The number of aromatic nitrogens is 1. The minimum absolute atomic E-state index is 0.0639. The van der Waals surface area contributed by atoms with E-state index in [-0.39, 0.29) is 29.0 Å². The van der Waals surface area contributed by atoms with Crippen molar-refractivity contribution in [1.82, 2.24) is 4.98 Å². The number of benzene rings is 1. The van der Waals surface area contributed by atoms with Gasteiger partial charge in [-0.2, -0.15) is 0 Å². The van der Waals surface area contributed by atoms with Gasteiger partial charge in [0.25, 0.3) is 0 Å². The van der Waals surface area contributed by atoms with Gasteiger partial charge in [-0.05, 0) is 18.2 Å². The first-order valence-corrected chi connectivity index (χ1v) is 5.37. The largest absolute Gasteiger partial charge is 0.436 e. The van der Waals surface area contributed by atoms with Crippen LogP contribution in [0, 0.1) is 11.6 Å². The fraction of sp³-hybridized carbons (Fsp3) is 0.0833. The van der Waals surface area contributed by atoms with E-state index in [2.05, 4.69) is 4.98 Å². The Balaban J connectivity index is 2.28. The maximum Gasteiger partial charge on any atom is 0.219 e. The molecule has 1 heterocycles. The van der Waals surface area contributed by atoms with Crippen molar-refractivity contribution in [3.05, 3.63) is 52.7 Å². The van der Waals surface area contributed by atoms with Crippen LogP contribution in [0.1, 0.15) is 5.69 Å². The highest BCUT2D eigenvalue weighted by molar-refractivity contribution is 6.31. The molecule has 0 saturated heterocycles. The van der Waals surface area contributed by atoms with E-state index < -0.39 is 11.6 Å². The van der Waals surface area contributed by atoms with Crippen LogP contribution in [0.5, 0.6) is 11.6 Å². The van der Waals surface area contributed by atoms with Crippen molar-refractivity contribution in [1.29, 1.82) is 0 Å². The lowest BCUT2D eigenvalue weighted by molar-refractivity contribution is 0.275. The van der Waals surface area contributed by atoms with Crippen molar-refractivity contribution < 1.29 is 18.6 Å². The summed E-state index contributed by atoms with van der Waals surface area (Å²) < 4.78 is 31.2. The van der Waals surface area contributed by atoms with Crippen molar-refractivity contribution in [2.75, 3.05) is 0 Å². The molecule has 3 nitrogen and oxygen atoms in total. The minimum Gasteiger partial charge on any atom is -0.436 e. The molecule has 0 aliphatic heterocycles. The molecular weight excluding hydrogens is 264 g/mol. The van der Waals surface area contributed by atoms with E-state index in [4.69, 9.17) is 21.4 Å². The molecule has 0 aliphatic carbocycles.